The molecule has 0 unspecified atom stereocenters. The fraction of sp³-hybridized carbons (Fsp3) is 0.333. The number of nitriles is 2. The van der Waals surface area contributed by atoms with Crippen molar-refractivity contribution in [2.24, 2.45) is 5.41 Å². The first-order chi connectivity index (χ1) is 21.5. The summed E-state index contributed by atoms with van der Waals surface area (Å²) in [6.07, 6.45) is 6.71. The maximum atomic E-state index is 14.0. The summed E-state index contributed by atoms with van der Waals surface area (Å²) in [5.74, 6) is 0. The second kappa shape index (κ2) is 11.4. The predicted molar refractivity (Wildman–Crippen MR) is 168 cm³/mol. The Morgan fingerprint density at radius 2 is 1.91 bits per heavy atom. The number of nitrogens with zero attached hydrogens (tertiary/aromatic N) is 6. The van der Waals surface area contributed by atoms with E-state index in [2.05, 4.69) is 64.5 Å². The Bertz CT molecular complexity index is 1860. The number of fused-ring (bicyclic) bond motifs is 1. The minimum atomic E-state index is -2.51. The molecule has 0 bridgehead atoms. The molecule has 2 aromatic carbocycles. The van der Waals surface area contributed by atoms with Crippen LogP contribution in [-0.2, 0) is 0 Å². The third-order valence-electron chi connectivity index (χ3n) is 8.31. The van der Waals surface area contributed by atoms with Gasteiger partial charge in [0.2, 0.25) is 0 Å². The van der Waals surface area contributed by atoms with E-state index in [1.54, 1.807) is 24.8 Å². The second-order valence-corrected chi connectivity index (χ2v) is 12.7. The predicted octanol–water partition coefficient (Wildman–Crippen LogP) is 6.05. The lowest BCUT2D eigenvalue weighted by Crippen LogP contribution is -2.48. The van der Waals surface area contributed by atoms with Gasteiger partial charge in [-0.25, -0.2) is 13.8 Å². The molecule has 1 atom stereocenters. The van der Waals surface area contributed by atoms with E-state index >= 15 is 0 Å². The molecule has 1 aliphatic carbocycles. The number of imidazole rings is 1. The molecule has 4 aromatic rings. The van der Waals surface area contributed by atoms with Crippen LogP contribution < -0.4 is 21.6 Å². The van der Waals surface area contributed by atoms with Crippen molar-refractivity contribution in [3.63, 3.8) is 0 Å². The molecule has 10 nitrogen and oxygen atoms in total. The first-order valence-corrected chi connectivity index (χ1v) is 14.7. The fourth-order valence-corrected chi connectivity index (χ4v) is 5.63. The molecular weight excluding hydrogens is 574 g/mol. The Hall–Kier alpha value is -5.20. The first-order valence-electron chi connectivity index (χ1n) is 14.7. The van der Waals surface area contributed by atoms with Crippen LogP contribution in [0.3, 0.4) is 0 Å². The molecule has 1 aliphatic heterocycles. The Morgan fingerprint density at radius 1 is 1.13 bits per heavy atom. The van der Waals surface area contributed by atoms with Gasteiger partial charge in [-0.05, 0) is 54.5 Å². The van der Waals surface area contributed by atoms with Crippen LogP contribution in [-0.4, -0.2) is 38.1 Å². The van der Waals surface area contributed by atoms with Gasteiger partial charge in [-0.1, -0.05) is 32.9 Å². The number of hydrogen-bond acceptors (Lipinski definition) is 9. The molecule has 2 aromatic heterocycles. The molecule has 45 heavy (non-hydrogen) atoms. The molecule has 3 heterocycles. The van der Waals surface area contributed by atoms with E-state index in [1.165, 1.54) is 11.2 Å². The highest BCUT2D eigenvalue weighted by Gasteiger charge is 2.56. The van der Waals surface area contributed by atoms with Gasteiger partial charge in [0.1, 0.15) is 17.7 Å². The lowest BCUT2D eigenvalue weighted by Gasteiger charge is -2.25. The topological polar surface area (TPSA) is 130 Å². The van der Waals surface area contributed by atoms with Crippen molar-refractivity contribution in [2.45, 2.75) is 58.5 Å². The van der Waals surface area contributed by atoms with Gasteiger partial charge in [0.25, 0.3) is 6.43 Å². The van der Waals surface area contributed by atoms with Crippen LogP contribution in [0, 0.1) is 35.0 Å². The number of rotatable bonds is 9. The number of pyridine rings is 1. The number of alkyl halides is 2. The van der Waals surface area contributed by atoms with Crippen LogP contribution in [0.25, 0.3) is 16.6 Å². The third-order valence-corrected chi connectivity index (χ3v) is 8.31. The van der Waals surface area contributed by atoms with Crippen LogP contribution in [0.5, 0.6) is 0 Å². The molecule has 0 amide bonds. The van der Waals surface area contributed by atoms with Crippen LogP contribution in [0.2, 0.25) is 0 Å². The number of halogens is 2. The molecule has 12 heteroatoms. The minimum Gasteiger partial charge on any atom is -0.383 e. The number of hydrogen-bond donors (Lipinski definition) is 4. The Labute approximate surface area is 260 Å². The van der Waals surface area contributed by atoms with Gasteiger partial charge >= 0.3 is 0 Å². The zero-order chi connectivity index (χ0) is 31.9. The van der Waals surface area contributed by atoms with Gasteiger partial charge in [-0.15, -0.1) is 5.53 Å². The van der Waals surface area contributed by atoms with E-state index in [0.717, 1.165) is 16.8 Å². The summed E-state index contributed by atoms with van der Waals surface area (Å²) in [6.45, 7) is 8.86. The van der Waals surface area contributed by atoms with E-state index in [9.17, 15) is 19.3 Å². The maximum Gasteiger partial charge on any atom is 0.262 e. The molecule has 0 radical (unpaired) electrons. The number of hydrazine groups is 2. The zero-order valence-corrected chi connectivity index (χ0v) is 25.5. The van der Waals surface area contributed by atoms with E-state index < -0.39 is 18.0 Å². The SMILES string of the molecule is Cc1c([C@H](Nc2cc(C#N)c3ncc(C#N)c(NCC(C)(C)C)c3c2)C2=CN(C3(C(F)F)CC3)NN2)cccc1-n1ccnc1. The van der Waals surface area contributed by atoms with Crippen molar-refractivity contribution in [1.29, 1.82) is 10.5 Å². The van der Waals surface area contributed by atoms with Gasteiger partial charge in [-0.3, -0.25) is 9.99 Å². The highest BCUT2D eigenvalue weighted by molar-refractivity contribution is 5.99. The van der Waals surface area contributed by atoms with Gasteiger partial charge in [0.15, 0.2) is 0 Å². The zero-order valence-electron chi connectivity index (χ0n) is 25.5. The lowest BCUT2D eigenvalue weighted by atomic mass is 9.95. The van der Waals surface area contributed by atoms with Crippen molar-refractivity contribution in [3.8, 4) is 17.8 Å². The average molecular weight is 609 g/mol. The molecule has 0 spiro atoms. The third kappa shape index (κ3) is 5.61. The fourth-order valence-electron chi connectivity index (χ4n) is 5.63. The summed E-state index contributed by atoms with van der Waals surface area (Å²) in [6, 6.07) is 13.4. The number of aromatic nitrogens is 3. The normalized spacial score (nSPS) is 16.1. The van der Waals surface area contributed by atoms with Crippen molar-refractivity contribution in [1.82, 2.24) is 30.5 Å². The van der Waals surface area contributed by atoms with Crippen LogP contribution >= 0.6 is 0 Å². The van der Waals surface area contributed by atoms with E-state index in [4.69, 9.17) is 0 Å². The van der Waals surface area contributed by atoms with Crippen molar-refractivity contribution in [3.05, 3.63) is 89.4 Å². The standard InChI is InChI=1S/C33H34F2N10/c1-20-24(6-5-7-27(20)44-11-10-38-19-44)30(26-17-45(43-42-26)33(8-9-33)31(34)35)41-23-12-21(14-36)28-25(13-23)29(22(15-37)16-39-28)40-18-32(2,3)4/h5-7,10-13,16-17,19,30-31,41-43H,8-9,18H2,1-4H3,(H,39,40)/t30-/m0/s1. The van der Waals surface area contributed by atoms with Crippen molar-refractivity contribution in [2.75, 3.05) is 17.2 Å². The van der Waals surface area contributed by atoms with E-state index in [1.807, 2.05) is 42.0 Å². The Morgan fingerprint density at radius 3 is 2.56 bits per heavy atom. The van der Waals surface area contributed by atoms with Crippen LogP contribution in [0.15, 0.2) is 67.1 Å². The summed E-state index contributed by atoms with van der Waals surface area (Å²) in [7, 11) is 0. The highest BCUT2D eigenvalue weighted by atomic mass is 19.3. The van der Waals surface area contributed by atoms with Gasteiger partial charge < -0.3 is 20.6 Å². The molecule has 6 rings (SSSR count). The monoisotopic (exact) mass is 608 g/mol. The molecule has 1 fully saturated rings. The molecule has 4 N–H and O–H groups in total. The highest BCUT2D eigenvalue weighted by Crippen LogP contribution is 2.47. The molecular formula is C33H34F2N10. The molecule has 2 aliphatic rings. The summed E-state index contributed by atoms with van der Waals surface area (Å²) in [5.41, 5.74) is 10.5. The second-order valence-electron chi connectivity index (χ2n) is 12.7. The van der Waals surface area contributed by atoms with Gasteiger partial charge in [0, 0.05) is 48.1 Å². The summed E-state index contributed by atoms with van der Waals surface area (Å²) >= 11 is 0. The van der Waals surface area contributed by atoms with Gasteiger partial charge in [0.05, 0.1) is 40.4 Å². The molecule has 1 saturated carbocycles. The van der Waals surface area contributed by atoms with Crippen LogP contribution in [0.4, 0.5) is 20.2 Å². The number of anilines is 2. The number of nitrogens with one attached hydrogen (secondary N) is 4. The van der Waals surface area contributed by atoms with E-state index in [0.29, 0.717) is 58.5 Å². The number of benzene rings is 2. The lowest BCUT2D eigenvalue weighted by molar-refractivity contribution is 0.00911. The van der Waals surface area contributed by atoms with Crippen LogP contribution in [0.1, 0.15) is 61.9 Å². The average Bonchev–Trinajstić information content (AvgIpc) is 3.39. The van der Waals surface area contributed by atoms with Crippen molar-refractivity contribution < 1.29 is 8.78 Å². The Kier molecular flexibility index (Phi) is 7.55. The van der Waals surface area contributed by atoms with Crippen molar-refractivity contribution >= 4 is 22.3 Å². The summed E-state index contributed by atoms with van der Waals surface area (Å²) in [5, 5.41) is 29.2. The smallest absolute Gasteiger partial charge is 0.262 e. The quantitative estimate of drug-likeness (QED) is 0.180. The minimum absolute atomic E-state index is 0.0737. The largest absolute Gasteiger partial charge is 0.383 e. The summed E-state index contributed by atoms with van der Waals surface area (Å²) < 4.78 is 30.0. The maximum absolute atomic E-state index is 14.0. The first kappa shape index (κ1) is 29.9. The van der Waals surface area contributed by atoms with E-state index in [-0.39, 0.29) is 5.41 Å². The molecule has 230 valence electrons. The molecule has 0 saturated heterocycles. The van der Waals surface area contributed by atoms with Gasteiger partial charge in [-0.2, -0.15) is 10.5 Å². The summed E-state index contributed by atoms with van der Waals surface area (Å²) in [4.78, 5) is 8.66. The Balaban J connectivity index is 1.48.